The van der Waals surface area contributed by atoms with E-state index in [0.29, 0.717) is 11.5 Å². The summed E-state index contributed by atoms with van der Waals surface area (Å²) in [6.07, 6.45) is 0. The van der Waals surface area contributed by atoms with Gasteiger partial charge in [-0.15, -0.1) is 0 Å². The molecule has 0 amide bonds. The fourth-order valence-electron chi connectivity index (χ4n) is 0.846. The average molecular weight is 188 g/mol. The summed E-state index contributed by atoms with van der Waals surface area (Å²) in [7, 11) is 0. The molecule has 0 atom stereocenters. The maximum Gasteiger partial charge on any atom is 0.432 e. The third-order valence-electron chi connectivity index (χ3n) is 1.27. The Kier molecular flexibility index (Phi) is 1.42. The van der Waals surface area contributed by atoms with Crippen molar-refractivity contribution in [2.45, 2.75) is 0 Å². The van der Waals surface area contributed by atoms with Crippen molar-refractivity contribution >= 4 is 18.5 Å². The first kappa shape index (κ1) is 7.10. The number of hydrogen-bond acceptors (Lipinski definition) is 3. The Labute approximate surface area is 68.8 Å². The smallest absolute Gasteiger partial charge is 0.416 e. The van der Waals surface area contributed by atoms with Crippen molar-refractivity contribution in [2.75, 3.05) is 0 Å². The lowest BCUT2D eigenvalue weighted by atomic mass is 10.3. The van der Waals surface area contributed by atoms with E-state index in [0.717, 1.165) is 0 Å². The predicted octanol–water partition coefficient (Wildman–Crippen LogP) is 1.67. The lowest BCUT2D eigenvalue weighted by molar-refractivity contribution is 0.386. The van der Waals surface area contributed by atoms with Gasteiger partial charge in [-0.05, 0) is 24.3 Å². The summed E-state index contributed by atoms with van der Waals surface area (Å²) in [4.78, 5) is 9.30. The van der Waals surface area contributed by atoms with Gasteiger partial charge in [0.2, 0.25) is 0 Å². The second-order valence-corrected chi connectivity index (χ2v) is 4.81. The Balaban J connectivity index is 2.53. The van der Waals surface area contributed by atoms with Gasteiger partial charge in [-0.2, -0.15) is 0 Å². The highest BCUT2D eigenvalue weighted by Gasteiger charge is 2.21. The van der Waals surface area contributed by atoms with E-state index in [4.69, 9.17) is 9.05 Å². The third-order valence-corrected chi connectivity index (χ3v) is 2.60. The van der Waals surface area contributed by atoms with Gasteiger partial charge in [0.25, 0.3) is 0 Å². The van der Waals surface area contributed by atoms with Crippen LogP contribution in [0.25, 0.3) is 0 Å². The molecule has 2 bridgehead atoms. The molecule has 3 rings (SSSR count). The van der Waals surface area contributed by atoms with E-state index in [1.54, 1.807) is 24.3 Å². The molecule has 2 aliphatic heterocycles. The van der Waals surface area contributed by atoms with Gasteiger partial charge in [0.05, 0.1) is 0 Å². The maximum atomic E-state index is 9.30. The lowest BCUT2D eigenvalue weighted by Gasteiger charge is -2.11. The van der Waals surface area contributed by atoms with Crippen LogP contribution in [0.3, 0.4) is 0 Å². The molecule has 1 aromatic rings. The van der Waals surface area contributed by atoms with Crippen LogP contribution in [-0.2, 0) is 11.8 Å². The Morgan fingerprint density at radius 1 is 1.09 bits per heavy atom. The monoisotopic (exact) mass is 188 g/mol. The van der Waals surface area contributed by atoms with Crippen LogP contribution >= 0.6 is 6.72 Å². The van der Waals surface area contributed by atoms with E-state index in [2.05, 4.69) is 11.8 Å². The van der Waals surface area contributed by atoms with Crippen LogP contribution in [0.4, 0.5) is 0 Å². The molecule has 1 N–H and O–H groups in total. The van der Waals surface area contributed by atoms with Crippen LogP contribution in [0.2, 0.25) is 0 Å². The van der Waals surface area contributed by atoms with Crippen LogP contribution in [0.15, 0.2) is 24.3 Å². The first-order valence-corrected chi connectivity index (χ1v) is 5.57. The summed E-state index contributed by atoms with van der Waals surface area (Å²) in [6, 6.07) is 6.83. The van der Waals surface area contributed by atoms with E-state index in [-0.39, 0.29) is 0 Å². The Morgan fingerprint density at radius 2 is 1.45 bits per heavy atom. The molecule has 0 saturated heterocycles. The van der Waals surface area contributed by atoms with Gasteiger partial charge >= 0.3 is 6.72 Å². The summed E-state index contributed by atoms with van der Waals surface area (Å²) in [6.45, 7) is -3.05. The van der Waals surface area contributed by atoms with Crippen molar-refractivity contribution < 1.29 is 13.9 Å². The first-order valence-electron chi connectivity index (χ1n) is 2.98. The Bertz CT molecular complexity index is 292. The number of benzene rings is 1. The summed E-state index contributed by atoms with van der Waals surface area (Å²) in [5.74, 6) is 1.11. The van der Waals surface area contributed by atoms with Gasteiger partial charge in [0.1, 0.15) is 11.5 Å². The number of fused-ring (bicyclic) bond motifs is 4. The van der Waals surface area contributed by atoms with Gasteiger partial charge in [0.15, 0.2) is 0 Å². The van der Waals surface area contributed by atoms with Gasteiger partial charge in [-0.25, -0.2) is 0 Å². The fraction of sp³-hybridized carbons (Fsp3) is 0. The molecule has 0 radical (unpaired) electrons. The highest BCUT2D eigenvalue weighted by Crippen LogP contribution is 2.47. The molecule has 11 heavy (non-hydrogen) atoms. The van der Waals surface area contributed by atoms with Crippen LogP contribution < -0.4 is 9.05 Å². The Hall–Kier alpha value is -0.570. The fourth-order valence-corrected chi connectivity index (χ4v) is 2.18. The largest absolute Gasteiger partial charge is 0.432 e. The van der Waals surface area contributed by atoms with E-state index in [9.17, 15) is 4.89 Å². The predicted molar refractivity (Wildman–Crippen MR) is 44.2 cm³/mol. The summed E-state index contributed by atoms with van der Waals surface area (Å²) in [5.41, 5.74) is 0. The molecule has 1 aromatic carbocycles. The highest BCUT2D eigenvalue weighted by atomic mass is 32.5. The van der Waals surface area contributed by atoms with Crippen LogP contribution in [0.1, 0.15) is 0 Å². The maximum absolute atomic E-state index is 9.30. The molecule has 3 nitrogen and oxygen atoms in total. The van der Waals surface area contributed by atoms with Crippen LogP contribution in [0.5, 0.6) is 11.5 Å². The molecule has 2 heterocycles. The van der Waals surface area contributed by atoms with Crippen molar-refractivity contribution in [2.24, 2.45) is 0 Å². The topological polar surface area (TPSA) is 38.7 Å². The molecule has 2 aliphatic rings. The Morgan fingerprint density at radius 3 is 1.82 bits per heavy atom. The summed E-state index contributed by atoms with van der Waals surface area (Å²) in [5, 5.41) is 0. The molecular formula is C6H5O3PS. The van der Waals surface area contributed by atoms with Crippen LogP contribution in [-0.4, -0.2) is 4.89 Å². The average Bonchev–Trinajstić information content (AvgIpc) is 2.12. The molecule has 0 saturated carbocycles. The molecule has 0 unspecified atom stereocenters. The second kappa shape index (κ2) is 2.21. The standard InChI is InChI=1S/C6H5O3PS/c7-10(11)8-5-1-2-6(9-10)4-3-5/h1-4H,(H,7,11). The van der Waals surface area contributed by atoms with Gasteiger partial charge < -0.3 is 13.9 Å². The van der Waals surface area contributed by atoms with Crippen molar-refractivity contribution in [3.05, 3.63) is 24.3 Å². The lowest BCUT2D eigenvalue weighted by Crippen LogP contribution is -1.94. The van der Waals surface area contributed by atoms with E-state index < -0.39 is 6.72 Å². The minimum Gasteiger partial charge on any atom is -0.416 e. The zero-order valence-electron chi connectivity index (χ0n) is 5.43. The number of hydrogen-bond donors (Lipinski definition) is 1. The van der Waals surface area contributed by atoms with Crippen LogP contribution in [0, 0.1) is 0 Å². The molecule has 0 aromatic heterocycles. The molecular weight excluding hydrogens is 183 g/mol. The minimum absolute atomic E-state index is 0.553. The molecule has 0 spiro atoms. The van der Waals surface area contributed by atoms with Crippen molar-refractivity contribution in [1.29, 1.82) is 0 Å². The molecule has 58 valence electrons. The second-order valence-electron chi connectivity index (χ2n) is 2.12. The van der Waals surface area contributed by atoms with Gasteiger partial charge in [-0.1, -0.05) is 0 Å². The van der Waals surface area contributed by atoms with Crippen molar-refractivity contribution in [1.82, 2.24) is 0 Å². The van der Waals surface area contributed by atoms with E-state index in [1.165, 1.54) is 0 Å². The van der Waals surface area contributed by atoms with E-state index in [1.807, 2.05) is 0 Å². The van der Waals surface area contributed by atoms with E-state index >= 15 is 0 Å². The third kappa shape index (κ3) is 1.38. The molecule has 0 aliphatic carbocycles. The van der Waals surface area contributed by atoms with Crippen molar-refractivity contribution in [3.63, 3.8) is 0 Å². The molecule has 5 heteroatoms. The summed E-state index contributed by atoms with van der Waals surface area (Å²) < 4.78 is 9.94. The van der Waals surface area contributed by atoms with Crippen molar-refractivity contribution in [3.8, 4) is 11.5 Å². The SMILES string of the molecule is OP1(=S)Oc2ccc(cc2)O1. The van der Waals surface area contributed by atoms with Gasteiger partial charge in [0, 0.05) is 11.8 Å². The minimum atomic E-state index is -3.05. The van der Waals surface area contributed by atoms with Gasteiger partial charge in [-0.3, -0.25) is 0 Å². The zero-order valence-corrected chi connectivity index (χ0v) is 7.14. The normalized spacial score (nSPS) is 18.3. The number of rotatable bonds is 0. The quantitative estimate of drug-likeness (QED) is 0.628. The molecule has 0 fully saturated rings. The highest BCUT2D eigenvalue weighted by molar-refractivity contribution is 8.07. The summed E-state index contributed by atoms with van der Waals surface area (Å²) >= 11 is 4.68. The zero-order chi connectivity index (χ0) is 7.90. The first-order chi connectivity index (χ1) is 5.16.